The number of hydrogen-bond donors (Lipinski definition) is 4. The summed E-state index contributed by atoms with van der Waals surface area (Å²) in [6, 6.07) is 27.2. The van der Waals surface area contributed by atoms with Crippen LogP contribution in [0.1, 0.15) is 45.5 Å². The summed E-state index contributed by atoms with van der Waals surface area (Å²) < 4.78 is 22.1. The van der Waals surface area contributed by atoms with E-state index in [1.165, 1.54) is 0 Å². The van der Waals surface area contributed by atoms with E-state index in [0.717, 1.165) is 27.9 Å². The molecular formula is C44H50N6O8. The van der Waals surface area contributed by atoms with Gasteiger partial charge < -0.3 is 45.3 Å². The number of fused-ring (bicyclic) bond motifs is 2. The Bertz CT molecular complexity index is 2050. The third kappa shape index (κ3) is 14.2. The first kappa shape index (κ1) is 43.2. The van der Waals surface area contributed by atoms with Crippen molar-refractivity contribution >= 4 is 34.8 Å². The molecule has 0 saturated carbocycles. The van der Waals surface area contributed by atoms with Crippen molar-refractivity contribution in [3.63, 3.8) is 0 Å². The number of amides is 3. The fourth-order valence-electron chi connectivity index (χ4n) is 5.77. The van der Waals surface area contributed by atoms with Crippen LogP contribution in [-0.4, -0.2) is 95.3 Å². The summed E-state index contributed by atoms with van der Waals surface area (Å²) >= 11 is 0. The number of benzene rings is 4. The standard InChI is InChI=1S/C44H50N6O8/c45-20-17-33-9-16-39(41(51)31-33)49-48-38-14-12-36(13-15-38)44(54)47-22-24-56-26-28-58-30-29-57-27-25-55-23-19-42(52)46-21-18-43(53)50-32-37-7-2-1-5-34(37)10-11-35-6-3-4-8-40(35)50/h1-9,12-16,31,51H,17-30,32,45H2,(H,46,52)(H,47,54). The van der Waals surface area contributed by atoms with Crippen LogP contribution < -0.4 is 21.3 Å². The Labute approximate surface area is 338 Å². The zero-order valence-corrected chi connectivity index (χ0v) is 32.5. The summed E-state index contributed by atoms with van der Waals surface area (Å²) in [7, 11) is 0. The van der Waals surface area contributed by atoms with Crippen molar-refractivity contribution < 1.29 is 38.4 Å². The van der Waals surface area contributed by atoms with Crippen LogP contribution in [0.25, 0.3) is 0 Å². The number of carbonyl (C=O) groups is 3. The average molecular weight is 791 g/mol. The van der Waals surface area contributed by atoms with E-state index in [2.05, 4.69) is 32.7 Å². The molecule has 0 bridgehead atoms. The molecule has 0 spiro atoms. The third-order valence-corrected chi connectivity index (χ3v) is 8.83. The summed E-state index contributed by atoms with van der Waals surface area (Å²) in [5.41, 5.74) is 11.3. The Kier molecular flexibility index (Phi) is 17.8. The zero-order chi connectivity index (χ0) is 40.8. The number of azo groups is 1. The molecule has 58 heavy (non-hydrogen) atoms. The first-order valence-electron chi connectivity index (χ1n) is 19.3. The van der Waals surface area contributed by atoms with Gasteiger partial charge in [-0.1, -0.05) is 48.2 Å². The van der Waals surface area contributed by atoms with E-state index in [1.54, 1.807) is 41.3 Å². The fraction of sp³-hybridized carbons (Fsp3) is 0.341. The van der Waals surface area contributed by atoms with Crippen molar-refractivity contribution in [1.29, 1.82) is 0 Å². The minimum atomic E-state index is -0.237. The van der Waals surface area contributed by atoms with Gasteiger partial charge in [0.15, 0.2) is 0 Å². The molecule has 1 aliphatic rings. The lowest BCUT2D eigenvalue weighted by Gasteiger charge is -2.26. The number of phenols is 1. The number of hydrogen-bond acceptors (Lipinski definition) is 11. The molecule has 0 saturated heterocycles. The highest BCUT2D eigenvalue weighted by atomic mass is 16.6. The maximum Gasteiger partial charge on any atom is 0.251 e. The van der Waals surface area contributed by atoms with Crippen LogP contribution in [0, 0.1) is 11.8 Å². The largest absolute Gasteiger partial charge is 0.506 e. The number of para-hydroxylation sites is 1. The Hall–Kier alpha value is -5.95. The summed E-state index contributed by atoms with van der Waals surface area (Å²) in [5.74, 6) is 5.92. The molecule has 0 aliphatic carbocycles. The smallest absolute Gasteiger partial charge is 0.251 e. The molecule has 3 amide bonds. The molecule has 14 nitrogen and oxygen atoms in total. The Morgan fingerprint density at radius 1 is 0.707 bits per heavy atom. The molecule has 4 aromatic carbocycles. The van der Waals surface area contributed by atoms with Crippen molar-refractivity contribution in [3.8, 4) is 17.6 Å². The quantitative estimate of drug-likeness (QED) is 0.0459. The maximum absolute atomic E-state index is 13.3. The molecule has 14 heteroatoms. The van der Waals surface area contributed by atoms with E-state index < -0.39 is 0 Å². The van der Waals surface area contributed by atoms with E-state index in [4.69, 9.17) is 24.7 Å². The summed E-state index contributed by atoms with van der Waals surface area (Å²) in [4.78, 5) is 39.8. The Balaban J connectivity index is 0.826. The molecule has 4 aromatic rings. The van der Waals surface area contributed by atoms with Crippen molar-refractivity contribution in [2.45, 2.75) is 25.8 Å². The van der Waals surface area contributed by atoms with Crippen LogP contribution in [0.2, 0.25) is 0 Å². The Morgan fingerprint density at radius 2 is 1.36 bits per heavy atom. The lowest BCUT2D eigenvalue weighted by Crippen LogP contribution is -2.35. The van der Waals surface area contributed by atoms with Gasteiger partial charge in [-0.2, -0.15) is 5.11 Å². The van der Waals surface area contributed by atoms with Crippen LogP contribution in [0.3, 0.4) is 0 Å². The second-order valence-corrected chi connectivity index (χ2v) is 13.1. The minimum absolute atomic E-state index is 0.0302. The van der Waals surface area contributed by atoms with Crippen LogP contribution in [0.5, 0.6) is 5.75 Å². The van der Waals surface area contributed by atoms with Crippen molar-refractivity contribution in [1.82, 2.24) is 10.6 Å². The lowest BCUT2D eigenvalue weighted by atomic mass is 10.0. The molecule has 0 fully saturated rings. The SMILES string of the molecule is NCCc1ccc(N=Nc2ccc(C(=O)NCCOCCOCCOCCOCCC(=O)NCCC(=O)N3Cc4ccccc4C#Cc4ccccc43)cc2)c(O)c1. The summed E-state index contributed by atoms with van der Waals surface area (Å²) in [6.45, 7) is 4.27. The number of aromatic hydroxyl groups is 1. The molecule has 5 N–H and O–H groups in total. The molecule has 0 radical (unpaired) electrons. The first-order chi connectivity index (χ1) is 28.4. The van der Waals surface area contributed by atoms with Gasteiger partial charge in [-0.05, 0) is 78.7 Å². The van der Waals surface area contributed by atoms with E-state index in [-0.39, 0.29) is 49.5 Å². The molecule has 0 atom stereocenters. The van der Waals surface area contributed by atoms with E-state index in [0.29, 0.717) is 89.2 Å². The van der Waals surface area contributed by atoms with Crippen molar-refractivity contribution in [2.24, 2.45) is 16.0 Å². The molecule has 1 heterocycles. The van der Waals surface area contributed by atoms with Gasteiger partial charge in [-0.3, -0.25) is 14.4 Å². The molecule has 0 unspecified atom stereocenters. The summed E-state index contributed by atoms with van der Waals surface area (Å²) in [5, 5.41) is 24.0. The molecular weight excluding hydrogens is 741 g/mol. The van der Waals surface area contributed by atoms with Gasteiger partial charge in [0.05, 0.1) is 70.8 Å². The number of phenolic OH excluding ortho intramolecular Hbond substituents is 1. The van der Waals surface area contributed by atoms with Crippen molar-refractivity contribution in [2.75, 3.05) is 77.4 Å². The number of rotatable bonds is 23. The van der Waals surface area contributed by atoms with Crippen LogP contribution >= 0.6 is 0 Å². The monoisotopic (exact) mass is 790 g/mol. The van der Waals surface area contributed by atoms with Gasteiger partial charge in [-0.15, -0.1) is 5.11 Å². The second kappa shape index (κ2) is 24.0. The molecule has 5 rings (SSSR count). The first-order valence-corrected chi connectivity index (χ1v) is 19.3. The minimum Gasteiger partial charge on any atom is -0.506 e. The van der Waals surface area contributed by atoms with Gasteiger partial charge in [0.1, 0.15) is 11.4 Å². The highest BCUT2D eigenvalue weighted by Gasteiger charge is 2.21. The van der Waals surface area contributed by atoms with Gasteiger partial charge in [-0.25, -0.2) is 0 Å². The fourth-order valence-corrected chi connectivity index (χ4v) is 5.77. The molecule has 304 valence electrons. The second-order valence-electron chi connectivity index (χ2n) is 13.1. The van der Waals surface area contributed by atoms with Gasteiger partial charge >= 0.3 is 0 Å². The number of nitrogens with two attached hydrogens (primary N) is 1. The van der Waals surface area contributed by atoms with Gasteiger partial charge in [0.25, 0.3) is 5.91 Å². The Morgan fingerprint density at radius 3 is 2.09 bits per heavy atom. The van der Waals surface area contributed by atoms with Crippen LogP contribution in [-0.2, 0) is 41.5 Å². The van der Waals surface area contributed by atoms with Crippen molar-refractivity contribution in [3.05, 3.63) is 119 Å². The number of nitrogens with one attached hydrogen (secondary N) is 2. The number of nitrogens with zero attached hydrogens (tertiary/aromatic N) is 3. The van der Waals surface area contributed by atoms with E-state index in [9.17, 15) is 19.5 Å². The summed E-state index contributed by atoms with van der Waals surface area (Å²) in [6.07, 6.45) is 1.000. The van der Waals surface area contributed by atoms with Gasteiger partial charge in [0.2, 0.25) is 11.8 Å². The topological polar surface area (TPSA) is 186 Å². The zero-order valence-electron chi connectivity index (χ0n) is 32.5. The number of carbonyl (C=O) groups excluding carboxylic acids is 3. The third-order valence-electron chi connectivity index (χ3n) is 8.83. The highest BCUT2D eigenvalue weighted by Crippen LogP contribution is 2.29. The van der Waals surface area contributed by atoms with Crippen LogP contribution in [0.15, 0.2) is 101 Å². The predicted octanol–water partition coefficient (Wildman–Crippen LogP) is 4.95. The van der Waals surface area contributed by atoms with Gasteiger partial charge in [0, 0.05) is 42.6 Å². The molecule has 0 aromatic heterocycles. The number of anilines is 1. The highest BCUT2D eigenvalue weighted by molar-refractivity contribution is 5.95. The van der Waals surface area contributed by atoms with Crippen LogP contribution in [0.4, 0.5) is 17.1 Å². The maximum atomic E-state index is 13.3. The van der Waals surface area contributed by atoms with E-state index in [1.807, 2.05) is 54.6 Å². The predicted molar refractivity (Wildman–Crippen MR) is 219 cm³/mol. The average Bonchev–Trinajstić information content (AvgIpc) is 3.23. The lowest BCUT2D eigenvalue weighted by molar-refractivity contribution is -0.122. The molecule has 1 aliphatic heterocycles. The van der Waals surface area contributed by atoms with E-state index >= 15 is 0 Å². The number of ether oxygens (including phenoxy) is 4. The normalized spacial score (nSPS) is 11.8.